The number of hydrogen-bond acceptors (Lipinski definition) is 8. The van der Waals surface area contributed by atoms with Gasteiger partial charge < -0.3 is 23.7 Å². The molecule has 0 N–H and O–H groups in total. The van der Waals surface area contributed by atoms with Crippen molar-refractivity contribution >= 4 is 11.8 Å². The normalized spacial score (nSPS) is 14.3. The fourth-order valence-corrected chi connectivity index (χ4v) is 3.18. The molecule has 0 bridgehead atoms. The number of pyridine rings is 1. The third-order valence-corrected chi connectivity index (χ3v) is 4.57. The second-order valence-corrected chi connectivity index (χ2v) is 6.09. The summed E-state index contributed by atoms with van der Waals surface area (Å²) in [5, 5.41) is 8.43. The number of methoxy groups -OCH3 is 2. The molecular formula is C19H21N5O3. The Labute approximate surface area is 157 Å². The van der Waals surface area contributed by atoms with E-state index in [0.717, 1.165) is 32.0 Å². The van der Waals surface area contributed by atoms with Crippen LogP contribution in [0.4, 0.5) is 11.8 Å². The number of piperazine rings is 1. The summed E-state index contributed by atoms with van der Waals surface area (Å²) in [6.45, 7) is 3.26. The lowest BCUT2D eigenvalue weighted by atomic mass is 10.2. The van der Waals surface area contributed by atoms with E-state index in [2.05, 4.69) is 25.0 Å². The quantitative estimate of drug-likeness (QED) is 0.681. The van der Waals surface area contributed by atoms with Crippen LogP contribution in [0.1, 0.15) is 0 Å². The lowest BCUT2D eigenvalue weighted by Crippen LogP contribution is -2.47. The van der Waals surface area contributed by atoms with Crippen molar-refractivity contribution in [2.75, 3.05) is 50.2 Å². The van der Waals surface area contributed by atoms with Crippen LogP contribution in [0.25, 0.3) is 11.5 Å². The third-order valence-electron chi connectivity index (χ3n) is 4.57. The van der Waals surface area contributed by atoms with Gasteiger partial charge in [-0.15, -0.1) is 5.10 Å². The molecule has 1 aliphatic rings. The predicted molar refractivity (Wildman–Crippen MR) is 102 cm³/mol. The largest absolute Gasteiger partial charge is 0.493 e. The fourth-order valence-electron chi connectivity index (χ4n) is 3.18. The Morgan fingerprint density at radius 2 is 1.70 bits per heavy atom. The molecule has 3 heterocycles. The molecule has 8 nitrogen and oxygen atoms in total. The second kappa shape index (κ2) is 7.53. The van der Waals surface area contributed by atoms with E-state index in [1.165, 1.54) is 0 Å². The number of aromatic nitrogens is 3. The van der Waals surface area contributed by atoms with Crippen molar-refractivity contribution < 1.29 is 13.9 Å². The van der Waals surface area contributed by atoms with Gasteiger partial charge in [0, 0.05) is 32.4 Å². The lowest BCUT2D eigenvalue weighted by molar-refractivity contribution is 0.355. The number of anilines is 2. The SMILES string of the molecule is COc1cccc(-c2nnc(N3CCN(c4ccccn4)CC3)o2)c1OC. The summed E-state index contributed by atoms with van der Waals surface area (Å²) in [4.78, 5) is 8.74. The molecular weight excluding hydrogens is 346 g/mol. The first-order valence-corrected chi connectivity index (χ1v) is 8.76. The molecule has 0 atom stereocenters. The standard InChI is InChI=1S/C19H21N5O3/c1-25-15-7-5-6-14(17(15)26-2)18-21-22-19(27-18)24-12-10-23(11-13-24)16-8-3-4-9-20-16/h3-9H,10-13H2,1-2H3. The number of ether oxygens (including phenoxy) is 2. The summed E-state index contributed by atoms with van der Waals surface area (Å²) in [6.07, 6.45) is 1.81. The van der Waals surface area contributed by atoms with Crippen LogP contribution in [0.5, 0.6) is 11.5 Å². The molecule has 1 aliphatic heterocycles. The maximum absolute atomic E-state index is 5.93. The molecule has 0 aliphatic carbocycles. The highest BCUT2D eigenvalue weighted by Crippen LogP contribution is 2.37. The molecule has 140 valence electrons. The van der Waals surface area contributed by atoms with Crippen LogP contribution in [0.2, 0.25) is 0 Å². The van der Waals surface area contributed by atoms with Crippen LogP contribution in [0.15, 0.2) is 47.0 Å². The molecule has 27 heavy (non-hydrogen) atoms. The lowest BCUT2D eigenvalue weighted by Gasteiger charge is -2.34. The Hall–Kier alpha value is -3.29. The molecule has 0 unspecified atom stereocenters. The average molecular weight is 367 g/mol. The summed E-state index contributed by atoms with van der Waals surface area (Å²) in [5.74, 6) is 2.60. The van der Waals surface area contributed by atoms with Crippen molar-refractivity contribution in [3.8, 4) is 23.0 Å². The molecule has 0 radical (unpaired) electrons. The smallest absolute Gasteiger partial charge is 0.318 e. The van der Waals surface area contributed by atoms with Crippen molar-refractivity contribution in [1.82, 2.24) is 15.2 Å². The third kappa shape index (κ3) is 3.38. The van der Waals surface area contributed by atoms with E-state index in [-0.39, 0.29) is 0 Å². The van der Waals surface area contributed by atoms with Gasteiger partial charge in [0.1, 0.15) is 5.82 Å². The minimum atomic E-state index is 0.410. The summed E-state index contributed by atoms with van der Waals surface area (Å²) in [6, 6.07) is 12.0. The van der Waals surface area contributed by atoms with Gasteiger partial charge >= 0.3 is 6.01 Å². The van der Waals surface area contributed by atoms with Crippen molar-refractivity contribution in [2.45, 2.75) is 0 Å². The molecule has 4 rings (SSSR count). The second-order valence-electron chi connectivity index (χ2n) is 6.09. The molecule has 0 spiro atoms. The van der Waals surface area contributed by atoms with Crippen LogP contribution in [0.3, 0.4) is 0 Å². The van der Waals surface area contributed by atoms with Gasteiger partial charge in [-0.25, -0.2) is 4.98 Å². The highest BCUT2D eigenvalue weighted by atomic mass is 16.5. The summed E-state index contributed by atoms with van der Waals surface area (Å²) < 4.78 is 16.7. The maximum atomic E-state index is 5.93. The van der Waals surface area contributed by atoms with Crippen molar-refractivity contribution in [3.05, 3.63) is 42.6 Å². The molecule has 1 saturated heterocycles. The van der Waals surface area contributed by atoms with E-state index in [0.29, 0.717) is 29.0 Å². The fraction of sp³-hybridized carbons (Fsp3) is 0.316. The van der Waals surface area contributed by atoms with Crippen LogP contribution in [-0.4, -0.2) is 55.6 Å². The van der Waals surface area contributed by atoms with Crippen molar-refractivity contribution in [2.24, 2.45) is 0 Å². The summed E-state index contributed by atoms with van der Waals surface area (Å²) >= 11 is 0. The zero-order valence-electron chi connectivity index (χ0n) is 15.3. The van der Waals surface area contributed by atoms with Crippen molar-refractivity contribution in [3.63, 3.8) is 0 Å². The minimum Gasteiger partial charge on any atom is -0.493 e. The molecule has 8 heteroatoms. The van der Waals surface area contributed by atoms with Crippen molar-refractivity contribution in [1.29, 1.82) is 0 Å². The van der Waals surface area contributed by atoms with Gasteiger partial charge in [-0.2, -0.15) is 0 Å². The predicted octanol–water partition coefficient (Wildman–Crippen LogP) is 2.48. The van der Waals surface area contributed by atoms with E-state index < -0.39 is 0 Å². The number of rotatable bonds is 5. The van der Waals surface area contributed by atoms with Crippen LogP contribution >= 0.6 is 0 Å². The van der Waals surface area contributed by atoms with Gasteiger partial charge in [0.25, 0.3) is 5.89 Å². The van der Waals surface area contributed by atoms with Gasteiger partial charge in [0.2, 0.25) is 0 Å². The van der Waals surface area contributed by atoms with E-state index in [1.54, 1.807) is 14.2 Å². The first-order chi connectivity index (χ1) is 13.3. The Kier molecular flexibility index (Phi) is 4.78. The van der Waals surface area contributed by atoms with Crippen LogP contribution in [0, 0.1) is 0 Å². The zero-order chi connectivity index (χ0) is 18.6. The molecule has 0 amide bonds. The van der Waals surface area contributed by atoms with Crippen LogP contribution in [-0.2, 0) is 0 Å². The van der Waals surface area contributed by atoms with E-state index in [4.69, 9.17) is 13.9 Å². The Morgan fingerprint density at radius 1 is 0.889 bits per heavy atom. The average Bonchev–Trinajstić information content (AvgIpc) is 3.24. The molecule has 2 aromatic heterocycles. The number of hydrogen-bond donors (Lipinski definition) is 0. The Balaban J connectivity index is 1.50. The van der Waals surface area contributed by atoms with Gasteiger partial charge in [-0.3, -0.25) is 0 Å². The number of benzene rings is 1. The Bertz CT molecular complexity index is 891. The monoisotopic (exact) mass is 367 g/mol. The zero-order valence-corrected chi connectivity index (χ0v) is 15.3. The maximum Gasteiger partial charge on any atom is 0.318 e. The van der Waals surface area contributed by atoms with E-state index in [9.17, 15) is 0 Å². The summed E-state index contributed by atoms with van der Waals surface area (Å²) in [7, 11) is 3.19. The number of nitrogens with zero attached hydrogens (tertiary/aromatic N) is 5. The number of para-hydroxylation sites is 1. The van der Waals surface area contributed by atoms with Gasteiger partial charge in [-0.05, 0) is 24.3 Å². The van der Waals surface area contributed by atoms with Gasteiger partial charge in [-0.1, -0.05) is 17.2 Å². The van der Waals surface area contributed by atoms with E-state index in [1.807, 2.05) is 42.6 Å². The molecule has 1 fully saturated rings. The molecule has 1 aromatic carbocycles. The Morgan fingerprint density at radius 3 is 2.41 bits per heavy atom. The first-order valence-electron chi connectivity index (χ1n) is 8.76. The van der Waals surface area contributed by atoms with E-state index >= 15 is 0 Å². The highest BCUT2D eigenvalue weighted by Gasteiger charge is 2.23. The van der Waals surface area contributed by atoms with Gasteiger partial charge in [0.05, 0.1) is 19.8 Å². The topological polar surface area (TPSA) is 76.8 Å². The first kappa shape index (κ1) is 17.1. The van der Waals surface area contributed by atoms with Gasteiger partial charge in [0.15, 0.2) is 11.5 Å². The molecule has 0 saturated carbocycles. The molecule has 3 aromatic rings. The minimum absolute atomic E-state index is 0.410. The van der Waals surface area contributed by atoms with Crippen LogP contribution < -0.4 is 19.3 Å². The highest BCUT2D eigenvalue weighted by molar-refractivity contribution is 5.67. The summed E-state index contributed by atoms with van der Waals surface area (Å²) in [5.41, 5.74) is 0.711.